The lowest BCUT2D eigenvalue weighted by molar-refractivity contribution is -0.134. The van der Waals surface area contributed by atoms with E-state index in [0.717, 1.165) is 11.3 Å². The number of likely N-dealkylation sites (N-methyl/N-ethyl adjacent to an activating group) is 1. The van der Waals surface area contributed by atoms with E-state index in [0.29, 0.717) is 13.2 Å². The van der Waals surface area contributed by atoms with Crippen molar-refractivity contribution in [1.82, 2.24) is 4.90 Å². The fraction of sp³-hybridized carbons (Fsp3) is 0.316. The highest BCUT2D eigenvalue weighted by atomic mass is 35.5. The number of benzene rings is 2. The van der Waals surface area contributed by atoms with Gasteiger partial charge in [0.15, 0.2) is 0 Å². The number of nitrogens with zero attached hydrogens (tertiary/aromatic N) is 1. The second kappa shape index (κ2) is 9.96. The maximum Gasteiger partial charge on any atom is 0.227 e. The zero-order valence-electron chi connectivity index (χ0n) is 14.1. The van der Waals surface area contributed by atoms with Gasteiger partial charge in [0.1, 0.15) is 12.4 Å². The van der Waals surface area contributed by atoms with Crippen molar-refractivity contribution in [2.75, 3.05) is 20.2 Å². The summed E-state index contributed by atoms with van der Waals surface area (Å²) in [4.78, 5) is 14.2. The van der Waals surface area contributed by atoms with Crippen molar-refractivity contribution in [3.05, 3.63) is 66.2 Å². The summed E-state index contributed by atoms with van der Waals surface area (Å²) in [5.74, 6) is 0.555. The van der Waals surface area contributed by atoms with E-state index < -0.39 is 0 Å². The van der Waals surface area contributed by atoms with Crippen LogP contribution < -0.4 is 10.5 Å². The normalized spacial score (nSPS) is 12.6. The molecular weight excluding hydrogens is 324 g/mol. The smallest absolute Gasteiger partial charge is 0.227 e. The Labute approximate surface area is 150 Å². The van der Waals surface area contributed by atoms with Gasteiger partial charge in [0.05, 0.1) is 12.5 Å². The predicted octanol–water partition coefficient (Wildman–Crippen LogP) is 3.28. The third-order valence-corrected chi connectivity index (χ3v) is 3.93. The average molecular weight is 349 g/mol. The van der Waals surface area contributed by atoms with E-state index >= 15 is 0 Å². The SMILES string of the molecule is CC(C(=O)N(C)CCOc1ccccc1)C(N)c1ccccc1.Cl. The number of amides is 1. The number of nitrogens with two attached hydrogens (primary N) is 1. The van der Waals surface area contributed by atoms with Gasteiger partial charge < -0.3 is 15.4 Å². The molecule has 2 rings (SSSR count). The fourth-order valence-corrected chi connectivity index (χ4v) is 2.39. The standard InChI is InChI=1S/C19H24N2O2.ClH/c1-15(18(20)16-9-5-3-6-10-16)19(22)21(2)13-14-23-17-11-7-4-8-12-17;/h3-12,15,18H,13-14,20H2,1-2H3;1H. The van der Waals surface area contributed by atoms with Crippen LogP contribution in [0.4, 0.5) is 0 Å². The molecule has 24 heavy (non-hydrogen) atoms. The minimum Gasteiger partial charge on any atom is -0.492 e. The van der Waals surface area contributed by atoms with Crippen LogP contribution >= 0.6 is 12.4 Å². The fourth-order valence-electron chi connectivity index (χ4n) is 2.39. The summed E-state index contributed by atoms with van der Waals surface area (Å²) >= 11 is 0. The van der Waals surface area contributed by atoms with Crippen molar-refractivity contribution in [2.24, 2.45) is 11.7 Å². The molecule has 130 valence electrons. The molecule has 0 fully saturated rings. The Balaban J connectivity index is 0.00000288. The minimum atomic E-state index is -0.304. The zero-order valence-corrected chi connectivity index (χ0v) is 14.9. The quantitative estimate of drug-likeness (QED) is 0.835. The molecule has 2 N–H and O–H groups in total. The number of carbonyl (C=O) groups is 1. The highest BCUT2D eigenvalue weighted by Gasteiger charge is 2.24. The number of rotatable bonds is 7. The molecule has 0 saturated heterocycles. The molecule has 0 heterocycles. The van der Waals surface area contributed by atoms with Gasteiger partial charge in [-0.15, -0.1) is 12.4 Å². The lowest BCUT2D eigenvalue weighted by Gasteiger charge is -2.25. The van der Waals surface area contributed by atoms with Gasteiger partial charge in [0, 0.05) is 13.1 Å². The van der Waals surface area contributed by atoms with Crippen molar-refractivity contribution in [1.29, 1.82) is 0 Å². The van der Waals surface area contributed by atoms with Crippen LogP contribution in [0.2, 0.25) is 0 Å². The first-order chi connectivity index (χ1) is 11.1. The van der Waals surface area contributed by atoms with Gasteiger partial charge >= 0.3 is 0 Å². The predicted molar refractivity (Wildman–Crippen MR) is 99.4 cm³/mol. The van der Waals surface area contributed by atoms with Gasteiger partial charge in [-0.2, -0.15) is 0 Å². The third kappa shape index (κ3) is 5.55. The van der Waals surface area contributed by atoms with E-state index in [1.54, 1.807) is 11.9 Å². The first kappa shape index (κ1) is 20.0. The Morgan fingerprint density at radius 2 is 1.62 bits per heavy atom. The van der Waals surface area contributed by atoms with Crippen molar-refractivity contribution >= 4 is 18.3 Å². The topological polar surface area (TPSA) is 55.6 Å². The summed E-state index contributed by atoms with van der Waals surface area (Å²) < 4.78 is 5.63. The van der Waals surface area contributed by atoms with Crippen molar-refractivity contribution in [3.63, 3.8) is 0 Å². The molecule has 0 radical (unpaired) electrons. The van der Waals surface area contributed by atoms with Crippen LogP contribution in [-0.2, 0) is 4.79 Å². The first-order valence-corrected chi connectivity index (χ1v) is 7.83. The highest BCUT2D eigenvalue weighted by Crippen LogP contribution is 2.20. The van der Waals surface area contributed by atoms with E-state index in [-0.39, 0.29) is 30.3 Å². The molecule has 0 aromatic heterocycles. The molecule has 0 aliphatic carbocycles. The van der Waals surface area contributed by atoms with Crippen molar-refractivity contribution in [2.45, 2.75) is 13.0 Å². The number of halogens is 1. The lowest BCUT2D eigenvalue weighted by Crippen LogP contribution is -2.39. The summed E-state index contributed by atoms with van der Waals surface area (Å²) in [5, 5.41) is 0. The first-order valence-electron chi connectivity index (χ1n) is 7.83. The number of ether oxygens (including phenoxy) is 1. The van der Waals surface area contributed by atoms with Gasteiger partial charge in [-0.1, -0.05) is 55.5 Å². The summed E-state index contributed by atoms with van der Waals surface area (Å²) in [6.45, 7) is 2.85. The molecule has 0 spiro atoms. The minimum absolute atomic E-state index is 0. The van der Waals surface area contributed by atoms with E-state index in [1.807, 2.05) is 67.6 Å². The number of hydrogen-bond donors (Lipinski definition) is 1. The van der Waals surface area contributed by atoms with Crippen molar-refractivity contribution < 1.29 is 9.53 Å². The maximum atomic E-state index is 12.5. The molecule has 0 aliphatic heterocycles. The van der Waals surface area contributed by atoms with Crippen LogP contribution in [0.1, 0.15) is 18.5 Å². The number of carbonyl (C=O) groups excluding carboxylic acids is 1. The van der Waals surface area contributed by atoms with Crippen LogP contribution in [0.5, 0.6) is 5.75 Å². The largest absolute Gasteiger partial charge is 0.492 e. The van der Waals surface area contributed by atoms with Gasteiger partial charge in [0.2, 0.25) is 5.91 Å². The Bertz CT molecular complexity index is 607. The van der Waals surface area contributed by atoms with Crippen LogP contribution in [0.15, 0.2) is 60.7 Å². The molecule has 2 aromatic carbocycles. The lowest BCUT2D eigenvalue weighted by atomic mass is 9.94. The highest BCUT2D eigenvalue weighted by molar-refractivity contribution is 5.85. The Kier molecular flexibility index (Phi) is 8.30. The molecular formula is C19H25ClN2O2. The summed E-state index contributed by atoms with van der Waals surface area (Å²) in [6.07, 6.45) is 0. The second-order valence-corrected chi connectivity index (χ2v) is 5.65. The third-order valence-electron chi connectivity index (χ3n) is 3.93. The molecule has 0 bridgehead atoms. The molecule has 5 heteroatoms. The Morgan fingerprint density at radius 3 is 2.21 bits per heavy atom. The Morgan fingerprint density at radius 1 is 1.08 bits per heavy atom. The van der Waals surface area contributed by atoms with E-state index in [9.17, 15) is 4.79 Å². The Hall–Kier alpha value is -2.04. The molecule has 2 atom stereocenters. The monoisotopic (exact) mass is 348 g/mol. The van der Waals surface area contributed by atoms with Gasteiger partial charge in [0.25, 0.3) is 0 Å². The summed E-state index contributed by atoms with van der Waals surface area (Å²) in [6, 6.07) is 19.0. The molecule has 1 amide bonds. The zero-order chi connectivity index (χ0) is 16.7. The molecule has 2 unspecified atom stereocenters. The molecule has 0 saturated carbocycles. The maximum absolute atomic E-state index is 12.5. The van der Waals surface area contributed by atoms with Crippen LogP contribution in [0.25, 0.3) is 0 Å². The van der Waals surface area contributed by atoms with Gasteiger partial charge in [-0.3, -0.25) is 4.79 Å². The molecule has 0 aliphatic rings. The summed E-state index contributed by atoms with van der Waals surface area (Å²) in [5.41, 5.74) is 7.19. The van der Waals surface area contributed by atoms with E-state index in [1.165, 1.54) is 0 Å². The molecule has 2 aromatic rings. The van der Waals surface area contributed by atoms with E-state index in [4.69, 9.17) is 10.5 Å². The number of para-hydroxylation sites is 1. The van der Waals surface area contributed by atoms with Crippen LogP contribution in [-0.4, -0.2) is 31.0 Å². The van der Waals surface area contributed by atoms with Crippen LogP contribution in [0.3, 0.4) is 0 Å². The van der Waals surface area contributed by atoms with Crippen LogP contribution in [0, 0.1) is 5.92 Å². The number of hydrogen-bond acceptors (Lipinski definition) is 3. The van der Waals surface area contributed by atoms with Crippen molar-refractivity contribution in [3.8, 4) is 5.75 Å². The van der Waals surface area contributed by atoms with E-state index in [2.05, 4.69) is 0 Å². The van der Waals surface area contributed by atoms with Gasteiger partial charge in [-0.05, 0) is 17.7 Å². The average Bonchev–Trinajstić information content (AvgIpc) is 2.61. The summed E-state index contributed by atoms with van der Waals surface area (Å²) in [7, 11) is 1.78. The molecule has 4 nitrogen and oxygen atoms in total. The van der Waals surface area contributed by atoms with Gasteiger partial charge in [-0.25, -0.2) is 0 Å². The second-order valence-electron chi connectivity index (χ2n) is 5.65.